The van der Waals surface area contributed by atoms with Crippen molar-refractivity contribution >= 4 is 21.6 Å². The topological polar surface area (TPSA) is 51.5 Å². The summed E-state index contributed by atoms with van der Waals surface area (Å²) in [5.41, 5.74) is 1.98. The number of imidazole rings is 1. The minimum atomic E-state index is 0.417. The molecule has 98 valence electrons. The Bertz CT molecular complexity index is 514. The van der Waals surface area contributed by atoms with Gasteiger partial charge in [-0.05, 0) is 29.3 Å². The Morgan fingerprint density at radius 1 is 1.44 bits per heavy atom. The molecule has 2 rings (SSSR count). The summed E-state index contributed by atoms with van der Waals surface area (Å²) in [6, 6.07) is 0.417. The smallest absolute Gasteiger partial charge is 0.155 e. The predicted molar refractivity (Wildman–Crippen MR) is 73.5 cm³/mol. The average molecular weight is 313 g/mol. The maximum absolute atomic E-state index is 5.06. The van der Waals surface area contributed by atoms with Crippen LogP contribution < -0.4 is 5.32 Å². The number of halogens is 1. The van der Waals surface area contributed by atoms with Crippen molar-refractivity contribution in [3.63, 3.8) is 0 Å². The molecule has 6 heteroatoms. The molecule has 0 bridgehead atoms. The molecule has 5 nitrogen and oxygen atoms in total. The monoisotopic (exact) mass is 312 g/mol. The highest BCUT2D eigenvalue weighted by Gasteiger charge is 2.06. The van der Waals surface area contributed by atoms with Gasteiger partial charge < -0.3 is 10.1 Å². The lowest BCUT2D eigenvalue weighted by Gasteiger charge is -2.12. The van der Waals surface area contributed by atoms with E-state index < -0.39 is 0 Å². The predicted octanol–water partition coefficient (Wildman–Crippen LogP) is 2.01. The van der Waals surface area contributed by atoms with Gasteiger partial charge in [-0.1, -0.05) is 0 Å². The SMILES string of the molecule is COCCC(C)NCc1cnc2cnc(Br)cn12. The number of ether oxygens (including phenoxy) is 1. The average Bonchev–Trinajstić information content (AvgIpc) is 2.76. The molecule has 1 unspecified atom stereocenters. The van der Waals surface area contributed by atoms with Gasteiger partial charge in [-0.25, -0.2) is 9.97 Å². The van der Waals surface area contributed by atoms with Crippen LogP contribution in [0.3, 0.4) is 0 Å². The van der Waals surface area contributed by atoms with E-state index in [1.54, 1.807) is 13.3 Å². The van der Waals surface area contributed by atoms with Crippen LogP contribution in [0.4, 0.5) is 0 Å². The first kappa shape index (κ1) is 13.5. The van der Waals surface area contributed by atoms with E-state index in [0.717, 1.165) is 35.5 Å². The number of nitrogens with zero attached hydrogens (tertiary/aromatic N) is 3. The fourth-order valence-corrected chi connectivity index (χ4v) is 2.03. The third-order valence-electron chi connectivity index (χ3n) is 2.83. The molecule has 18 heavy (non-hydrogen) atoms. The lowest BCUT2D eigenvalue weighted by Crippen LogP contribution is -2.27. The second-order valence-electron chi connectivity index (χ2n) is 4.25. The Morgan fingerprint density at radius 3 is 3.06 bits per heavy atom. The lowest BCUT2D eigenvalue weighted by molar-refractivity contribution is 0.184. The van der Waals surface area contributed by atoms with Gasteiger partial charge in [-0.3, -0.25) is 4.40 Å². The molecule has 0 fully saturated rings. The first-order chi connectivity index (χ1) is 8.70. The Labute approximate surface area is 115 Å². The van der Waals surface area contributed by atoms with Gasteiger partial charge in [0.05, 0.1) is 18.1 Å². The van der Waals surface area contributed by atoms with Crippen molar-refractivity contribution in [1.29, 1.82) is 0 Å². The Kier molecular flexibility index (Phi) is 4.68. The molecule has 0 amide bonds. The second-order valence-corrected chi connectivity index (χ2v) is 5.06. The molecule has 2 heterocycles. The molecule has 0 saturated carbocycles. The van der Waals surface area contributed by atoms with Gasteiger partial charge in [-0.15, -0.1) is 0 Å². The zero-order valence-corrected chi connectivity index (χ0v) is 12.1. The summed E-state index contributed by atoms with van der Waals surface area (Å²) < 4.78 is 7.91. The van der Waals surface area contributed by atoms with E-state index in [1.807, 2.05) is 16.8 Å². The minimum Gasteiger partial charge on any atom is -0.385 e. The summed E-state index contributed by atoms with van der Waals surface area (Å²) >= 11 is 3.37. The van der Waals surface area contributed by atoms with E-state index in [-0.39, 0.29) is 0 Å². The van der Waals surface area contributed by atoms with Crippen LogP contribution in [0.25, 0.3) is 5.65 Å². The summed E-state index contributed by atoms with van der Waals surface area (Å²) in [7, 11) is 1.72. The second kappa shape index (κ2) is 6.26. The molecule has 0 aliphatic heterocycles. The van der Waals surface area contributed by atoms with E-state index in [1.165, 1.54) is 0 Å². The fraction of sp³-hybridized carbons (Fsp3) is 0.500. The molecule has 1 N–H and O–H groups in total. The van der Waals surface area contributed by atoms with Crippen LogP contribution in [0.15, 0.2) is 23.2 Å². The molecule has 1 atom stereocenters. The minimum absolute atomic E-state index is 0.417. The molecule has 0 saturated heterocycles. The van der Waals surface area contributed by atoms with Crippen LogP contribution in [-0.4, -0.2) is 34.1 Å². The number of rotatable bonds is 6. The van der Waals surface area contributed by atoms with Crippen molar-refractivity contribution in [2.24, 2.45) is 0 Å². The van der Waals surface area contributed by atoms with Crippen LogP contribution in [0, 0.1) is 0 Å². The largest absolute Gasteiger partial charge is 0.385 e. The van der Waals surface area contributed by atoms with Crippen molar-refractivity contribution in [3.8, 4) is 0 Å². The van der Waals surface area contributed by atoms with Crippen molar-refractivity contribution in [2.45, 2.75) is 25.9 Å². The quantitative estimate of drug-likeness (QED) is 0.886. The number of nitrogens with one attached hydrogen (secondary N) is 1. The zero-order valence-electron chi connectivity index (χ0n) is 10.6. The van der Waals surface area contributed by atoms with E-state index in [0.29, 0.717) is 6.04 Å². The number of hydrogen-bond acceptors (Lipinski definition) is 4. The Balaban J connectivity index is 2.01. The Morgan fingerprint density at radius 2 is 2.28 bits per heavy atom. The zero-order chi connectivity index (χ0) is 13.0. The number of hydrogen-bond donors (Lipinski definition) is 1. The number of methoxy groups -OCH3 is 1. The van der Waals surface area contributed by atoms with Gasteiger partial charge in [0.15, 0.2) is 5.65 Å². The number of fused-ring (bicyclic) bond motifs is 1. The van der Waals surface area contributed by atoms with Crippen molar-refractivity contribution < 1.29 is 4.74 Å². The maximum atomic E-state index is 5.06. The third kappa shape index (κ3) is 3.28. The standard InChI is InChI=1S/C12H17BrN4O/c1-9(3-4-18-2)14-5-10-6-16-12-7-15-11(13)8-17(10)12/h6-9,14H,3-5H2,1-2H3. The van der Waals surface area contributed by atoms with Crippen LogP contribution >= 0.6 is 15.9 Å². The molecule has 2 aromatic rings. The maximum Gasteiger partial charge on any atom is 0.155 e. The summed E-state index contributed by atoms with van der Waals surface area (Å²) in [6.45, 7) is 3.71. The molecular formula is C12H17BrN4O. The van der Waals surface area contributed by atoms with Crippen LogP contribution in [0.1, 0.15) is 19.0 Å². The van der Waals surface area contributed by atoms with E-state index in [9.17, 15) is 0 Å². The molecular weight excluding hydrogens is 296 g/mol. The summed E-state index contributed by atoms with van der Waals surface area (Å²) in [5.74, 6) is 0. The first-order valence-electron chi connectivity index (χ1n) is 5.90. The van der Waals surface area contributed by atoms with Crippen molar-refractivity contribution in [2.75, 3.05) is 13.7 Å². The van der Waals surface area contributed by atoms with E-state index >= 15 is 0 Å². The summed E-state index contributed by atoms with van der Waals surface area (Å²) in [4.78, 5) is 8.47. The van der Waals surface area contributed by atoms with Gasteiger partial charge >= 0.3 is 0 Å². The molecule has 0 aliphatic carbocycles. The van der Waals surface area contributed by atoms with Gasteiger partial charge in [0.2, 0.25) is 0 Å². The Hall–Kier alpha value is -0.980. The first-order valence-corrected chi connectivity index (χ1v) is 6.70. The van der Waals surface area contributed by atoms with Crippen molar-refractivity contribution in [3.05, 3.63) is 28.9 Å². The van der Waals surface area contributed by atoms with Crippen LogP contribution in [0.2, 0.25) is 0 Å². The van der Waals surface area contributed by atoms with Gasteiger partial charge in [0, 0.05) is 32.5 Å². The fourth-order valence-electron chi connectivity index (χ4n) is 1.72. The van der Waals surface area contributed by atoms with Crippen LogP contribution in [-0.2, 0) is 11.3 Å². The molecule has 0 aliphatic rings. The molecule has 0 aromatic carbocycles. The van der Waals surface area contributed by atoms with E-state index in [2.05, 4.69) is 38.1 Å². The van der Waals surface area contributed by atoms with Crippen LogP contribution in [0.5, 0.6) is 0 Å². The molecule has 0 spiro atoms. The van der Waals surface area contributed by atoms with E-state index in [4.69, 9.17) is 4.74 Å². The number of aromatic nitrogens is 3. The normalized spacial score (nSPS) is 13.1. The summed E-state index contributed by atoms with van der Waals surface area (Å²) in [5, 5.41) is 3.45. The molecule has 2 aromatic heterocycles. The van der Waals surface area contributed by atoms with Gasteiger partial charge in [0.1, 0.15) is 4.60 Å². The van der Waals surface area contributed by atoms with Gasteiger partial charge in [0.25, 0.3) is 0 Å². The highest BCUT2D eigenvalue weighted by Crippen LogP contribution is 2.10. The highest BCUT2D eigenvalue weighted by molar-refractivity contribution is 9.10. The van der Waals surface area contributed by atoms with Gasteiger partial charge in [-0.2, -0.15) is 0 Å². The lowest BCUT2D eigenvalue weighted by atomic mass is 10.2. The summed E-state index contributed by atoms with van der Waals surface area (Å²) in [6.07, 6.45) is 6.55. The highest BCUT2D eigenvalue weighted by atomic mass is 79.9. The van der Waals surface area contributed by atoms with Crippen molar-refractivity contribution in [1.82, 2.24) is 19.7 Å². The molecule has 0 radical (unpaired) electrons. The third-order valence-corrected chi connectivity index (χ3v) is 3.24.